The van der Waals surface area contributed by atoms with Gasteiger partial charge in [0.1, 0.15) is 0 Å². The van der Waals surface area contributed by atoms with Gasteiger partial charge in [0.2, 0.25) is 0 Å². The maximum Gasteiger partial charge on any atom is 0.154 e. The maximum absolute atomic E-state index is 9.11. The average molecular weight is 144 g/mol. The molecule has 1 heterocycles. The molecule has 1 fully saturated rings. The van der Waals surface area contributed by atoms with E-state index < -0.39 is 6.29 Å². The number of ether oxygens (including phenoxy) is 1. The van der Waals surface area contributed by atoms with Crippen molar-refractivity contribution >= 4 is 0 Å². The maximum atomic E-state index is 9.11. The smallest absolute Gasteiger partial charge is 0.154 e. The van der Waals surface area contributed by atoms with Crippen molar-refractivity contribution in [3.05, 3.63) is 0 Å². The third-order valence-corrected chi connectivity index (χ3v) is 2.06. The van der Waals surface area contributed by atoms with E-state index in [1.54, 1.807) is 0 Å². The van der Waals surface area contributed by atoms with Gasteiger partial charge in [-0.05, 0) is 31.6 Å². The second kappa shape index (κ2) is 3.94. The molecule has 60 valence electrons. The predicted octanol–water partition coefficient (Wildman–Crippen LogP) is 1.53. The fraction of sp³-hybridized carbons (Fsp3) is 1.00. The molecule has 1 N–H and O–H groups in total. The topological polar surface area (TPSA) is 29.5 Å². The molecular formula is C8H16O2. The zero-order valence-corrected chi connectivity index (χ0v) is 6.55. The van der Waals surface area contributed by atoms with Gasteiger partial charge < -0.3 is 9.84 Å². The van der Waals surface area contributed by atoms with Crippen molar-refractivity contribution < 1.29 is 9.84 Å². The van der Waals surface area contributed by atoms with Gasteiger partial charge in [0.15, 0.2) is 6.29 Å². The van der Waals surface area contributed by atoms with Crippen LogP contribution in [0, 0.1) is 5.92 Å². The Labute approximate surface area is 62.2 Å². The number of hydrogen-bond acceptors (Lipinski definition) is 2. The highest BCUT2D eigenvalue weighted by molar-refractivity contribution is 4.58. The molecule has 0 bridgehead atoms. The van der Waals surface area contributed by atoms with Gasteiger partial charge >= 0.3 is 0 Å². The van der Waals surface area contributed by atoms with E-state index in [4.69, 9.17) is 9.84 Å². The van der Waals surface area contributed by atoms with Gasteiger partial charge in [-0.2, -0.15) is 0 Å². The standard InChI is InChI=1S/C8H16O2/c1-7-3-2-6-10-8(9)5-4-7/h7-9H,2-6H2,1H3. The summed E-state index contributed by atoms with van der Waals surface area (Å²) in [6.45, 7) is 2.96. The van der Waals surface area contributed by atoms with Crippen LogP contribution in [0.15, 0.2) is 0 Å². The Morgan fingerprint density at radius 3 is 2.90 bits per heavy atom. The molecule has 1 aliphatic heterocycles. The highest BCUT2D eigenvalue weighted by Gasteiger charge is 2.11. The van der Waals surface area contributed by atoms with E-state index in [1.165, 1.54) is 6.42 Å². The van der Waals surface area contributed by atoms with Crippen LogP contribution < -0.4 is 0 Å². The van der Waals surface area contributed by atoms with E-state index in [2.05, 4.69) is 6.92 Å². The zero-order chi connectivity index (χ0) is 7.40. The molecule has 0 amide bonds. The number of hydrogen-bond donors (Lipinski definition) is 1. The lowest BCUT2D eigenvalue weighted by Gasteiger charge is -2.19. The second-order valence-electron chi connectivity index (χ2n) is 3.15. The Hall–Kier alpha value is -0.0800. The third-order valence-electron chi connectivity index (χ3n) is 2.06. The molecule has 0 aromatic rings. The molecule has 2 nitrogen and oxygen atoms in total. The van der Waals surface area contributed by atoms with Gasteiger partial charge in [0.05, 0.1) is 0 Å². The van der Waals surface area contributed by atoms with Crippen molar-refractivity contribution in [1.29, 1.82) is 0 Å². The Morgan fingerprint density at radius 1 is 1.30 bits per heavy atom. The summed E-state index contributed by atoms with van der Waals surface area (Å²) in [6.07, 6.45) is 3.75. The number of rotatable bonds is 0. The Kier molecular flexibility index (Phi) is 3.16. The van der Waals surface area contributed by atoms with Crippen molar-refractivity contribution in [1.82, 2.24) is 0 Å². The SMILES string of the molecule is CC1CCCOC(O)CC1. The molecule has 0 aliphatic carbocycles. The summed E-state index contributed by atoms with van der Waals surface area (Å²) in [5.74, 6) is 0.763. The van der Waals surface area contributed by atoms with Crippen molar-refractivity contribution in [2.75, 3.05) is 6.61 Å². The normalized spacial score (nSPS) is 36.6. The van der Waals surface area contributed by atoms with Crippen LogP contribution in [0.1, 0.15) is 32.6 Å². The molecule has 1 rings (SSSR count). The van der Waals surface area contributed by atoms with Gasteiger partial charge in [0.25, 0.3) is 0 Å². The fourth-order valence-corrected chi connectivity index (χ4v) is 1.31. The van der Waals surface area contributed by atoms with Crippen molar-refractivity contribution in [2.45, 2.75) is 38.9 Å². The van der Waals surface area contributed by atoms with Gasteiger partial charge in [0, 0.05) is 6.61 Å². The first-order chi connectivity index (χ1) is 4.79. The van der Waals surface area contributed by atoms with Crippen LogP contribution in [-0.4, -0.2) is 18.0 Å². The lowest BCUT2D eigenvalue weighted by atomic mass is 9.99. The Bertz CT molecular complexity index is 81.3. The molecule has 0 spiro atoms. The van der Waals surface area contributed by atoms with Gasteiger partial charge in [-0.1, -0.05) is 6.92 Å². The zero-order valence-electron chi connectivity index (χ0n) is 6.55. The Balaban J connectivity index is 2.23. The largest absolute Gasteiger partial charge is 0.368 e. The molecule has 2 atom stereocenters. The highest BCUT2D eigenvalue weighted by Crippen LogP contribution is 2.17. The molecule has 2 heteroatoms. The molecule has 0 aromatic carbocycles. The quantitative estimate of drug-likeness (QED) is 0.558. The summed E-state index contributed by atoms with van der Waals surface area (Å²) in [5, 5.41) is 9.11. The van der Waals surface area contributed by atoms with E-state index in [1.807, 2.05) is 0 Å². The van der Waals surface area contributed by atoms with Gasteiger partial charge in [-0.3, -0.25) is 0 Å². The van der Waals surface area contributed by atoms with Gasteiger partial charge in [-0.25, -0.2) is 0 Å². The molecule has 1 aliphatic rings. The fourth-order valence-electron chi connectivity index (χ4n) is 1.31. The monoisotopic (exact) mass is 144 g/mol. The number of aliphatic hydroxyl groups is 1. The van der Waals surface area contributed by atoms with Crippen molar-refractivity contribution in [2.24, 2.45) is 5.92 Å². The van der Waals surface area contributed by atoms with Crippen LogP contribution in [0.25, 0.3) is 0 Å². The van der Waals surface area contributed by atoms with E-state index in [0.29, 0.717) is 0 Å². The summed E-state index contributed by atoms with van der Waals surface area (Å²) < 4.78 is 5.09. The predicted molar refractivity (Wildman–Crippen MR) is 39.6 cm³/mol. The van der Waals surface area contributed by atoms with Crippen LogP contribution >= 0.6 is 0 Å². The van der Waals surface area contributed by atoms with Crippen molar-refractivity contribution in [3.63, 3.8) is 0 Å². The van der Waals surface area contributed by atoms with Crippen LogP contribution in [-0.2, 0) is 4.74 Å². The Morgan fingerprint density at radius 2 is 2.10 bits per heavy atom. The van der Waals surface area contributed by atoms with Crippen LogP contribution in [0.2, 0.25) is 0 Å². The molecule has 1 saturated heterocycles. The molecule has 10 heavy (non-hydrogen) atoms. The van der Waals surface area contributed by atoms with E-state index in [9.17, 15) is 0 Å². The van der Waals surface area contributed by atoms with Crippen LogP contribution in [0.5, 0.6) is 0 Å². The van der Waals surface area contributed by atoms with Crippen LogP contribution in [0.4, 0.5) is 0 Å². The third kappa shape index (κ3) is 2.67. The summed E-state index contributed by atoms with van der Waals surface area (Å²) in [4.78, 5) is 0. The summed E-state index contributed by atoms with van der Waals surface area (Å²) in [5.41, 5.74) is 0. The first-order valence-corrected chi connectivity index (χ1v) is 4.08. The first kappa shape index (κ1) is 8.02. The average Bonchev–Trinajstić information content (AvgIpc) is 1.90. The highest BCUT2D eigenvalue weighted by atomic mass is 16.6. The second-order valence-corrected chi connectivity index (χ2v) is 3.15. The van der Waals surface area contributed by atoms with Crippen molar-refractivity contribution in [3.8, 4) is 0 Å². The lowest BCUT2D eigenvalue weighted by Crippen LogP contribution is -2.17. The summed E-state index contributed by atoms with van der Waals surface area (Å²) in [6, 6.07) is 0. The molecular weight excluding hydrogens is 128 g/mol. The van der Waals surface area contributed by atoms with E-state index in [0.717, 1.165) is 31.8 Å². The summed E-state index contributed by atoms with van der Waals surface area (Å²) >= 11 is 0. The molecule has 0 radical (unpaired) electrons. The van der Waals surface area contributed by atoms with Crippen LogP contribution in [0.3, 0.4) is 0 Å². The first-order valence-electron chi connectivity index (χ1n) is 4.08. The minimum atomic E-state index is -0.497. The van der Waals surface area contributed by atoms with E-state index in [-0.39, 0.29) is 0 Å². The van der Waals surface area contributed by atoms with Gasteiger partial charge in [-0.15, -0.1) is 0 Å². The molecule has 2 unspecified atom stereocenters. The molecule has 0 saturated carbocycles. The summed E-state index contributed by atoms with van der Waals surface area (Å²) in [7, 11) is 0. The minimum Gasteiger partial charge on any atom is -0.368 e. The number of aliphatic hydroxyl groups excluding tert-OH is 1. The lowest BCUT2D eigenvalue weighted by molar-refractivity contribution is -0.112. The van der Waals surface area contributed by atoms with E-state index >= 15 is 0 Å². The molecule has 0 aromatic heterocycles. The minimum absolute atomic E-state index is 0.497.